The number of halogens is 1. The van der Waals surface area contributed by atoms with Crippen LogP contribution in [0.15, 0.2) is 59.5 Å². The number of carbonyl (C=O) groups is 1. The standard InChI is InChI=1S/C19H17ClN2O2/c1-13-2-4-14(5-3-13)11-21-19(24)12-22-9-8-18(23)16-10-15(20)6-7-17(16)22/h2-10H,11-12H2,1H3,(H,21,24). The Kier molecular flexibility index (Phi) is 4.67. The first-order chi connectivity index (χ1) is 11.5. The van der Waals surface area contributed by atoms with Crippen molar-refractivity contribution in [3.63, 3.8) is 0 Å². The van der Waals surface area contributed by atoms with Crippen LogP contribution in [0.4, 0.5) is 0 Å². The summed E-state index contributed by atoms with van der Waals surface area (Å²) in [6, 6.07) is 14.6. The van der Waals surface area contributed by atoms with Gasteiger partial charge in [0.1, 0.15) is 6.54 Å². The summed E-state index contributed by atoms with van der Waals surface area (Å²) in [5, 5.41) is 3.91. The number of hydrogen-bond acceptors (Lipinski definition) is 2. The molecule has 0 spiro atoms. The van der Waals surface area contributed by atoms with E-state index in [1.807, 2.05) is 31.2 Å². The first kappa shape index (κ1) is 16.3. The summed E-state index contributed by atoms with van der Waals surface area (Å²) in [4.78, 5) is 24.1. The van der Waals surface area contributed by atoms with Gasteiger partial charge in [-0.05, 0) is 30.7 Å². The molecular weight excluding hydrogens is 324 g/mol. The second kappa shape index (κ2) is 6.89. The second-order valence-electron chi connectivity index (χ2n) is 5.73. The number of fused-ring (bicyclic) bond motifs is 1. The van der Waals surface area contributed by atoms with Crippen LogP contribution in [0.1, 0.15) is 11.1 Å². The predicted molar refractivity (Wildman–Crippen MR) is 96.2 cm³/mol. The van der Waals surface area contributed by atoms with Crippen molar-refractivity contribution in [3.05, 3.63) is 81.1 Å². The summed E-state index contributed by atoms with van der Waals surface area (Å²) < 4.78 is 1.75. The highest BCUT2D eigenvalue weighted by molar-refractivity contribution is 6.31. The van der Waals surface area contributed by atoms with Crippen LogP contribution in [0.5, 0.6) is 0 Å². The fourth-order valence-corrected chi connectivity index (χ4v) is 2.71. The molecule has 3 rings (SSSR count). The SMILES string of the molecule is Cc1ccc(CNC(=O)Cn2ccc(=O)c3cc(Cl)ccc32)cc1. The summed E-state index contributed by atoms with van der Waals surface area (Å²) in [5.74, 6) is -0.115. The minimum absolute atomic E-state index is 0.108. The molecule has 5 heteroatoms. The molecule has 24 heavy (non-hydrogen) atoms. The zero-order valence-corrected chi connectivity index (χ0v) is 14.0. The van der Waals surface area contributed by atoms with Crippen molar-refractivity contribution in [2.24, 2.45) is 0 Å². The lowest BCUT2D eigenvalue weighted by Crippen LogP contribution is -2.27. The monoisotopic (exact) mass is 340 g/mol. The largest absolute Gasteiger partial charge is 0.350 e. The van der Waals surface area contributed by atoms with Gasteiger partial charge in [0.15, 0.2) is 5.43 Å². The Morgan fingerprint density at radius 2 is 1.88 bits per heavy atom. The van der Waals surface area contributed by atoms with Crippen LogP contribution < -0.4 is 10.7 Å². The van der Waals surface area contributed by atoms with E-state index in [1.165, 1.54) is 11.6 Å². The minimum atomic E-state index is -0.115. The maximum atomic E-state index is 12.2. The zero-order chi connectivity index (χ0) is 17.1. The molecule has 1 N–H and O–H groups in total. The van der Waals surface area contributed by atoms with E-state index in [4.69, 9.17) is 11.6 Å². The van der Waals surface area contributed by atoms with E-state index in [-0.39, 0.29) is 17.9 Å². The maximum Gasteiger partial charge on any atom is 0.240 e. The van der Waals surface area contributed by atoms with E-state index in [1.54, 1.807) is 29.0 Å². The van der Waals surface area contributed by atoms with Crippen LogP contribution in [-0.4, -0.2) is 10.5 Å². The van der Waals surface area contributed by atoms with Crippen LogP contribution >= 0.6 is 11.6 Å². The molecule has 0 aliphatic heterocycles. The third-order valence-electron chi connectivity index (χ3n) is 3.86. The lowest BCUT2D eigenvalue weighted by atomic mass is 10.1. The number of carbonyl (C=O) groups excluding carboxylic acids is 1. The molecule has 0 fully saturated rings. The average Bonchev–Trinajstić information content (AvgIpc) is 2.57. The van der Waals surface area contributed by atoms with Crippen molar-refractivity contribution in [3.8, 4) is 0 Å². The Bertz CT molecular complexity index is 946. The zero-order valence-electron chi connectivity index (χ0n) is 13.3. The van der Waals surface area contributed by atoms with Gasteiger partial charge in [0, 0.05) is 29.2 Å². The van der Waals surface area contributed by atoms with E-state index in [0.717, 1.165) is 5.56 Å². The molecule has 1 aromatic heterocycles. The van der Waals surface area contributed by atoms with Crippen molar-refractivity contribution in [2.75, 3.05) is 0 Å². The molecule has 2 aromatic carbocycles. The van der Waals surface area contributed by atoms with Gasteiger partial charge in [0.2, 0.25) is 5.91 Å². The second-order valence-corrected chi connectivity index (χ2v) is 6.17. The summed E-state index contributed by atoms with van der Waals surface area (Å²) >= 11 is 5.95. The lowest BCUT2D eigenvalue weighted by Gasteiger charge is -2.11. The number of rotatable bonds is 4. The molecule has 0 aliphatic carbocycles. The number of hydrogen-bond donors (Lipinski definition) is 1. The number of amides is 1. The lowest BCUT2D eigenvalue weighted by molar-refractivity contribution is -0.121. The molecule has 0 saturated carbocycles. The van der Waals surface area contributed by atoms with Gasteiger partial charge in [0.25, 0.3) is 0 Å². The molecule has 0 saturated heterocycles. The Balaban J connectivity index is 1.75. The molecule has 0 aliphatic rings. The molecule has 4 nitrogen and oxygen atoms in total. The van der Waals surface area contributed by atoms with Gasteiger partial charge < -0.3 is 9.88 Å². The molecule has 1 amide bonds. The summed E-state index contributed by atoms with van der Waals surface area (Å²) in [7, 11) is 0. The minimum Gasteiger partial charge on any atom is -0.350 e. The fraction of sp³-hybridized carbons (Fsp3) is 0.158. The number of nitrogens with one attached hydrogen (secondary N) is 1. The van der Waals surface area contributed by atoms with Gasteiger partial charge in [-0.3, -0.25) is 9.59 Å². The highest BCUT2D eigenvalue weighted by Gasteiger charge is 2.07. The summed E-state index contributed by atoms with van der Waals surface area (Å²) in [6.07, 6.45) is 1.63. The van der Waals surface area contributed by atoms with Gasteiger partial charge in [-0.2, -0.15) is 0 Å². The number of pyridine rings is 1. The van der Waals surface area contributed by atoms with Crippen LogP contribution in [0.25, 0.3) is 10.9 Å². The van der Waals surface area contributed by atoms with Crippen LogP contribution in [0.3, 0.4) is 0 Å². The molecular formula is C19H17ClN2O2. The van der Waals surface area contributed by atoms with Gasteiger partial charge >= 0.3 is 0 Å². The molecule has 3 aromatic rings. The molecule has 0 atom stereocenters. The van der Waals surface area contributed by atoms with Gasteiger partial charge in [-0.1, -0.05) is 41.4 Å². The number of nitrogens with zero attached hydrogens (tertiary/aromatic N) is 1. The first-order valence-electron chi connectivity index (χ1n) is 7.64. The fourth-order valence-electron chi connectivity index (χ4n) is 2.54. The first-order valence-corrected chi connectivity index (χ1v) is 8.02. The molecule has 122 valence electrons. The normalized spacial score (nSPS) is 10.8. The maximum absolute atomic E-state index is 12.2. The van der Waals surface area contributed by atoms with Crippen LogP contribution in [0, 0.1) is 6.92 Å². The van der Waals surface area contributed by atoms with E-state index in [2.05, 4.69) is 5.32 Å². The van der Waals surface area contributed by atoms with Crippen molar-refractivity contribution < 1.29 is 4.79 Å². The van der Waals surface area contributed by atoms with Gasteiger partial charge in [-0.25, -0.2) is 0 Å². The Morgan fingerprint density at radius 1 is 1.12 bits per heavy atom. The Morgan fingerprint density at radius 3 is 2.62 bits per heavy atom. The van der Waals surface area contributed by atoms with Gasteiger partial charge in [0.05, 0.1) is 5.52 Å². The quantitative estimate of drug-likeness (QED) is 0.792. The van der Waals surface area contributed by atoms with E-state index in [9.17, 15) is 9.59 Å². The van der Waals surface area contributed by atoms with Crippen molar-refractivity contribution in [1.82, 2.24) is 9.88 Å². The highest BCUT2D eigenvalue weighted by Crippen LogP contribution is 2.16. The molecule has 0 unspecified atom stereocenters. The van der Waals surface area contributed by atoms with E-state index >= 15 is 0 Å². The third-order valence-corrected chi connectivity index (χ3v) is 4.10. The van der Waals surface area contributed by atoms with E-state index in [0.29, 0.717) is 22.5 Å². The van der Waals surface area contributed by atoms with Crippen molar-refractivity contribution in [1.29, 1.82) is 0 Å². The van der Waals surface area contributed by atoms with E-state index < -0.39 is 0 Å². The summed E-state index contributed by atoms with van der Waals surface area (Å²) in [5.41, 5.74) is 2.81. The Labute approximate surface area is 144 Å². The average molecular weight is 341 g/mol. The molecule has 0 bridgehead atoms. The highest BCUT2D eigenvalue weighted by atomic mass is 35.5. The number of benzene rings is 2. The number of aryl methyl sites for hydroxylation is 1. The van der Waals surface area contributed by atoms with Crippen molar-refractivity contribution >= 4 is 28.4 Å². The third kappa shape index (κ3) is 3.66. The topological polar surface area (TPSA) is 51.1 Å². The molecule has 0 radical (unpaired) electrons. The van der Waals surface area contributed by atoms with Crippen LogP contribution in [0.2, 0.25) is 5.02 Å². The van der Waals surface area contributed by atoms with Crippen molar-refractivity contribution in [2.45, 2.75) is 20.0 Å². The summed E-state index contributed by atoms with van der Waals surface area (Å²) in [6.45, 7) is 2.64. The smallest absolute Gasteiger partial charge is 0.240 e. The number of aromatic nitrogens is 1. The van der Waals surface area contributed by atoms with Crippen LogP contribution in [-0.2, 0) is 17.9 Å². The predicted octanol–water partition coefficient (Wildman–Crippen LogP) is 3.28. The van der Waals surface area contributed by atoms with Gasteiger partial charge in [-0.15, -0.1) is 0 Å². The molecule has 1 heterocycles. The Hall–Kier alpha value is -2.59.